The number of nitrogens with one attached hydrogen (secondary N) is 1. The lowest BCUT2D eigenvalue weighted by Crippen LogP contribution is -2.23. The quantitative estimate of drug-likeness (QED) is 0.810. The van der Waals surface area contributed by atoms with Crippen molar-refractivity contribution in [2.24, 2.45) is 0 Å². The molecule has 0 bridgehead atoms. The molecule has 0 aliphatic carbocycles. The summed E-state index contributed by atoms with van der Waals surface area (Å²) in [6, 6.07) is 4.14. The van der Waals surface area contributed by atoms with Gasteiger partial charge in [-0.25, -0.2) is 0 Å². The second-order valence-corrected chi connectivity index (χ2v) is 6.24. The average molecular weight is 370 g/mol. The highest BCUT2D eigenvalue weighted by atomic mass is 79.9. The Morgan fingerprint density at radius 2 is 1.95 bits per heavy atom. The van der Waals surface area contributed by atoms with Gasteiger partial charge in [-0.15, -0.1) is 0 Å². The topological polar surface area (TPSA) is 30.5 Å². The van der Waals surface area contributed by atoms with E-state index in [4.69, 9.17) is 9.47 Å². The lowest BCUT2D eigenvalue weighted by Gasteiger charge is -2.22. The molecule has 0 fully saturated rings. The normalized spacial score (nSPS) is 12.2. The van der Waals surface area contributed by atoms with Crippen LogP contribution in [0.3, 0.4) is 0 Å². The van der Waals surface area contributed by atoms with Crippen molar-refractivity contribution in [2.75, 3.05) is 20.8 Å². The van der Waals surface area contributed by atoms with Crippen molar-refractivity contribution in [3.63, 3.8) is 0 Å². The first-order valence-corrected chi connectivity index (χ1v) is 8.54. The van der Waals surface area contributed by atoms with Crippen molar-refractivity contribution in [1.82, 2.24) is 5.32 Å². The Labute approximate surface area is 138 Å². The first-order chi connectivity index (χ1) is 10.1. The Hall–Kier alpha value is -1.04. The van der Waals surface area contributed by atoms with E-state index in [-0.39, 0.29) is 6.04 Å². The molecule has 114 valence electrons. The zero-order chi connectivity index (χ0) is 15.4. The van der Waals surface area contributed by atoms with Gasteiger partial charge in [0.05, 0.1) is 20.3 Å². The number of hydrogen-bond acceptors (Lipinski definition) is 4. The number of benzene rings is 1. The fourth-order valence-electron chi connectivity index (χ4n) is 2.40. The summed E-state index contributed by atoms with van der Waals surface area (Å²) in [4.78, 5) is 0. The molecule has 0 aliphatic rings. The molecule has 0 spiro atoms. The molecule has 3 nitrogen and oxygen atoms in total. The van der Waals surface area contributed by atoms with E-state index in [1.54, 1.807) is 25.6 Å². The molecule has 0 saturated heterocycles. The minimum atomic E-state index is 0.110. The lowest BCUT2D eigenvalue weighted by atomic mass is 9.97. The molecule has 0 saturated carbocycles. The van der Waals surface area contributed by atoms with Crippen molar-refractivity contribution in [3.05, 3.63) is 44.1 Å². The highest BCUT2D eigenvalue weighted by Crippen LogP contribution is 2.42. The summed E-state index contributed by atoms with van der Waals surface area (Å²) in [5, 5.41) is 7.91. The second kappa shape index (κ2) is 7.29. The minimum Gasteiger partial charge on any atom is -0.495 e. The molecule has 1 aromatic carbocycles. The zero-order valence-electron chi connectivity index (χ0n) is 12.7. The highest BCUT2D eigenvalue weighted by molar-refractivity contribution is 9.10. The molecular weight excluding hydrogens is 350 g/mol. The molecule has 0 aliphatic heterocycles. The van der Waals surface area contributed by atoms with Crippen LogP contribution in [0.4, 0.5) is 0 Å². The fourth-order valence-corrected chi connectivity index (χ4v) is 3.96. The number of ether oxygens (including phenoxy) is 2. The monoisotopic (exact) mass is 369 g/mol. The lowest BCUT2D eigenvalue weighted by molar-refractivity contribution is 0.383. The Kier molecular flexibility index (Phi) is 5.67. The van der Waals surface area contributed by atoms with Crippen molar-refractivity contribution >= 4 is 27.3 Å². The maximum atomic E-state index is 5.62. The van der Waals surface area contributed by atoms with Gasteiger partial charge < -0.3 is 14.8 Å². The van der Waals surface area contributed by atoms with E-state index >= 15 is 0 Å². The molecule has 0 radical (unpaired) electrons. The van der Waals surface area contributed by atoms with Gasteiger partial charge in [-0.05, 0) is 63.4 Å². The third kappa shape index (κ3) is 3.25. The van der Waals surface area contributed by atoms with E-state index < -0.39 is 0 Å². The van der Waals surface area contributed by atoms with Crippen LogP contribution in [0.25, 0.3) is 0 Å². The number of hydrogen-bond donors (Lipinski definition) is 1. The van der Waals surface area contributed by atoms with Gasteiger partial charge in [-0.3, -0.25) is 0 Å². The van der Waals surface area contributed by atoms with Crippen molar-refractivity contribution < 1.29 is 9.47 Å². The third-order valence-electron chi connectivity index (χ3n) is 3.44. The van der Waals surface area contributed by atoms with Crippen LogP contribution in [0.15, 0.2) is 27.4 Å². The van der Waals surface area contributed by atoms with Crippen LogP contribution >= 0.6 is 27.3 Å². The van der Waals surface area contributed by atoms with E-state index in [1.807, 2.05) is 6.07 Å². The maximum absolute atomic E-state index is 5.62. The summed E-state index contributed by atoms with van der Waals surface area (Å²) in [5.41, 5.74) is 3.69. The molecule has 0 amide bonds. The van der Waals surface area contributed by atoms with E-state index in [0.29, 0.717) is 0 Å². The minimum absolute atomic E-state index is 0.110. The van der Waals surface area contributed by atoms with Crippen LogP contribution in [0, 0.1) is 6.92 Å². The van der Waals surface area contributed by atoms with Crippen molar-refractivity contribution in [1.29, 1.82) is 0 Å². The number of methoxy groups -OCH3 is 2. The number of aryl methyl sites for hydroxylation is 1. The predicted molar refractivity (Wildman–Crippen MR) is 91.8 cm³/mol. The van der Waals surface area contributed by atoms with Crippen LogP contribution in [-0.2, 0) is 0 Å². The largest absolute Gasteiger partial charge is 0.495 e. The van der Waals surface area contributed by atoms with Gasteiger partial charge in [-0.1, -0.05) is 6.92 Å². The predicted octanol–water partition coefficient (Wildman–Crippen LogP) is 4.54. The number of halogens is 1. The number of rotatable bonds is 6. The summed E-state index contributed by atoms with van der Waals surface area (Å²) in [5.74, 6) is 1.58. The summed E-state index contributed by atoms with van der Waals surface area (Å²) >= 11 is 5.30. The van der Waals surface area contributed by atoms with Gasteiger partial charge in [0.2, 0.25) is 0 Å². The van der Waals surface area contributed by atoms with E-state index in [1.165, 1.54) is 11.1 Å². The molecule has 21 heavy (non-hydrogen) atoms. The Balaban J connectivity index is 2.55. The SMILES string of the molecule is CCNC(c1cscc1C)c1ccc(OC)c(Br)c1OC. The molecule has 1 unspecified atom stereocenters. The van der Waals surface area contributed by atoms with Crippen LogP contribution in [0.5, 0.6) is 11.5 Å². The summed E-state index contributed by atoms with van der Waals surface area (Å²) in [7, 11) is 3.34. The van der Waals surface area contributed by atoms with Gasteiger partial charge in [0, 0.05) is 5.56 Å². The molecule has 1 heterocycles. The summed E-state index contributed by atoms with van der Waals surface area (Å²) in [6.07, 6.45) is 0. The fraction of sp³-hybridized carbons (Fsp3) is 0.375. The Morgan fingerprint density at radius 1 is 1.19 bits per heavy atom. The Bertz CT molecular complexity index is 612. The van der Waals surface area contributed by atoms with Crippen molar-refractivity contribution in [2.45, 2.75) is 19.9 Å². The van der Waals surface area contributed by atoms with Gasteiger partial charge in [0.15, 0.2) is 0 Å². The number of thiophene rings is 1. The van der Waals surface area contributed by atoms with Gasteiger partial charge in [0.1, 0.15) is 16.0 Å². The van der Waals surface area contributed by atoms with Crippen LogP contribution in [-0.4, -0.2) is 20.8 Å². The van der Waals surface area contributed by atoms with Crippen LogP contribution in [0.1, 0.15) is 29.7 Å². The van der Waals surface area contributed by atoms with Crippen LogP contribution < -0.4 is 14.8 Å². The molecular formula is C16H20BrNO2S. The van der Waals surface area contributed by atoms with E-state index in [0.717, 1.165) is 28.1 Å². The first kappa shape index (κ1) is 16.3. The maximum Gasteiger partial charge on any atom is 0.141 e. The Morgan fingerprint density at radius 3 is 2.48 bits per heavy atom. The van der Waals surface area contributed by atoms with E-state index in [2.05, 4.69) is 51.9 Å². The molecule has 1 N–H and O–H groups in total. The zero-order valence-corrected chi connectivity index (χ0v) is 15.1. The third-order valence-corrected chi connectivity index (χ3v) is 5.07. The molecule has 5 heteroatoms. The molecule has 1 aromatic heterocycles. The highest BCUT2D eigenvalue weighted by Gasteiger charge is 2.22. The van der Waals surface area contributed by atoms with Crippen molar-refractivity contribution in [3.8, 4) is 11.5 Å². The standard InChI is InChI=1S/C16H20BrNO2S/c1-5-18-15(12-9-21-8-10(12)2)11-6-7-13(19-3)14(17)16(11)20-4/h6-9,15,18H,5H2,1-4H3. The molecule has 2 aromatic rings. The average Bonchev–Trinajstić information content (AvgIpc) is 2.90. The molecule has 2 rings (SSSR count). The van der Waals surface area contributed by atoms with Gasteiger partial charge >= 0.3 is 0 Å². The van der Waals surface area contributed by atoms with Crippen LogP contribution in [0.2, 0.25) is 0 Å². The first-order valence-electron chi connectivity index (χ1n) is 6.80. The van der Waals surface area contributed by atoms with E-state index in [9.17, 15) is 0 Å². The second-order valence-electron chi connectivity index (χ2n) is 4.71. The summed E-state index contributed by atoms with van der Waals surface area (Å²) in [6.45, 7) is 5.13. The van der Waals surface area contributed by atoms with Gasteiger partial charge in [-0.2, -0.15) is 11.3 Å². The van der Waals surface area contributed by atoms with Gasteiger partial charge in [0.25, 0.3) is 0 Å². The molecule has 1 atom stereocenters. The smallest absolute Gasteiger partial charge is 0.141 e. The summed E-state index contributed by atoms with van der Waals surface area (Å²) < 4.78 is 11.8.